The first-order valence-corrected chi connectivity index (χ1v) is 4.57. The highest BCUT2D eigenvalue weighted by Crippen LogP contribution is 2.25. The number of carbonyl (C=O) groups excluding carboxylic acids is 1. The summed E-state index contributed by atoms with van der Waals surface area (Å²) >= 11 is 0. The van der Waals surface area contributed by atoms with Gasteiger partial charge in [0.15, 0.2) is 0 Å². The third kappa shape index (κ3) is 3.47. The number of rotatable bonds is 5. The van der Waals surface area contributed by atoms with E-state index in [-0.39, 0.29) is 12.2 Å². The van der Waals surface area contributed by atoms with E-state index < -0.39 is 18.6 Å². The summed E-state index contributed by atoms with van der Waals surface area (Å²) in [6, 6.07) is 5.28. The molecule has 4 nitrogen and oxygen atoms in total. The number of alkyl halides is 2. The molecule has 0 saturated heterocycles. The fraction of sp³-hybridized carbons (Fsp3) is 0.300. The number of hydrogen-bond acceptors (Lipinski definition) is 3. The molecule has 0 saturated carbocycles. The van der Waals surface area contributed by atoms with E-state index >= 15 is 0 Å². The predicted molar refractivity (Wildman–Crippen MR) is 48.3 cm³/mol. The zero-order valence-corrected chi connectivity index (χ0v) is 8.36. The first-order valence-electron chi connectivity index (χ1n) is 4.57. The van der Waals surface area contributed by atoms with Gasteiger partial charge in [0.1, 0.15) is 11.8 Å². The van der Waals surface area contributed by atoms with Crippen molar-refractivity contribution in [3.05, 3.63) is 29.8 Å². The smallest absolute Gasteiger partial charge is 0.387 e. The summed E-state index contributed by atoms with van der Waals surface area (Å²) in [5, 5.41) is 10.4. The molecule has 3 N–H and O–H groups in total. The van der Waals surface area contributed by atoms with E-state index in [9.17, 15) is 18.7 Å². The lowest BCUT2D eigenvalue weighted by Crippen LogP contribution is -2.55. The van der Waals surface area contributed by atoms with Gasteiger partial charge in [-0.1, -0.05) is 12.1 Å². The van der Waals surface area contributed by atoms with E-state index in [1.807, 2.05) is 0 Å². The van der Waals surface area contributed by atoms with Crippen LogP contribution in [0.15, 0.2) is 24.3 Å². The lowest BCUT2D eigenvalue weighted by molar-refractivity contribution is -0.430. The highest BCUT2D eigenvalue weighted by atomic mass is 19.3. The average Bonchev–Trinajstić information content (AvgIpc) is 2.16. The number of carboxylic acid groups (broad SMARTS) is 1. The van der Waals surface area contributed by atoms with Gasteiger partial charge in [-0.15, -0.1) is 0 Å². The molecule has 0 radical (unpaired) electrons. The first-order chi connectivity index (χ1) is 7.50. The molecule has 0 heterocycles. The monoisotopic (exact) mass is 231 g/mol. The van der Waals surface area contributed by atoms with Gasteiger partial charge in [0, 0.05) is 12.4 Å². The van der Waals surface area contributed by atoms with E-state index in [0.29, 0.717) is 5.56 Å². The van der Waals surface area contributed by atoms with Crippen molar-refractivity contribution in [2.45, 2.75) is 19.1 Å². The quantitative estimate of drug-likeness (QED) is 0.756. The number of hydrogen-bond donors (Lipinski definition) is 1. The molecular formula is C10H11F2NO3. The normalized spacial score (nSPS) is 12.5. The Balaban J connectivity index is 2.89. The van der Waals surface area contributed by atoms with Gasteiger partial charge >= 0.3 is 6.61 Å². The zero-order chi connectivity index (χ0) is 12.1. The Hall–Kier alpha value is -1.69. The largest absolute Gasteiger partial charge is 0.550 e. The summed E-state index contributed by atoms with van der Waals surface area (Å²) in [5.74, 6) is -1.34. The van der Waals surface area contributed by atoms with Crippen molar-refractivity contribution in [1.29, 1.82) is 0 Å². The topological polar surface area (TPSA) is 77.0 Å². The Bertz CT molecular complexity index is 371. The van der Waals surface area contributed by atoms with Crippen LogP contribution in [0.3, 0.4) is 0 Å². The molecule has 1 aromatic carbocycles. The number of para-hydroxylation sites is 1. The van der Waals surface area contributed by atoms with Crippen molar-refractivity contribution < 1.29 is 29.2 Å². The number of quaternary nitrogens is 1. The van der Waals surface area contributed by atoms with Crippen LogP contribution in [0.4, 0.5) is 8.78 Å². The van der Waals surface area contributed by atoms with Crippen molar-refractivity contribution >= 4 is 5.97 Å². The van der Waals surface area contributed by atoms with Crippen molar-refractivity contribution in [2.75, 3.05) is 0 Å². The average molecular weight is 231 g/mol. The Morgan fingerprint density at radius 3 is 2.62 bits per heavy atom. The van der Waals surface area contributed by atoms with Gasteiger partial charge in [0.2, 0.25) is 0 Å². The van der Waals surface area contributed by atoms with Gasteiger partial charge in [-0.2, -0.15) is 8.78 Å². The fourth-order valence-corrected chi connectivity index (χ4v) is 1.33. The highest BCUT2D eigenvalue weighted by molar-refractivity contribution is 5.65. The van der Waals surface area contributed by atoms with E-state index in [1.165, 1.54) is 18.2 Å². The second-order valence-corrected chi connectivity index (χ2v) is 3.19. The Morgan fingerprint density at radius 1 is 1.44 bits per heavy atom. The minimum atomic E-state index is -2.95. The number of benzene rings is 1. The number of aliphatic carboxylic acids is 1. The number of ether oxygens (including phenoxy) is 1. The molecule has 0 amide bonds. The summed E-state index contributed by atoms with van der Waals surface area (Å²) in [5.41, 5.74) is 3.90. The van der Waals surface area contributed by atoms with Gasteiger partial charge in [-0.25, -0.2) is 0 Å². The second kappa shape index (κ2) is 5.41. The third-order valence-electron chi connectivity index (χ3n) is 1.99. The zero-order valence-electron chi connectivity index (χ0n) is 8.36. The maximum Gasteiger partial charge on any atom is 0.387 e. The van der Waals surface area contributed by atoms with Crippen LogP contribution in [0.25, 0.3) is 0 Å². The SMILES string of the molecule is [NH3+][C@@H](CC(=O)[O-])c1ccccc1OC(F)F. The van der Waals surface area contributed by atoms with Crippen LogP contribution in [0.1, 0.15) is 18.0 Å². The molecule has 6 heteroatoms. The maximum atomic E-state index is 12.1. The third-order valence-corrected chi connectivity index (χ3v) is 1.99. The lowest BCUT2D eigenvalue weighted by Gasteiger charge is -2.14. The molecule has 0 unspecified atom stereocenters. The van der Waals surface area contributed by atoms with Crippen molar-refractivity contribution in [3.8, 4) is 5.75 Å². The molecule has 0 spiro atoms. The molecule has 1 aromatic rings. The standard InChI is InChI=1S/C10H11F2NO3/c11-10(12)16-8-4-2-1-3-6(8)7(13)5-9(14)15/h1-4,7,10H,5,13H2,(H,14,15)/t7-/m0/s1. The van der Waals surface area contributed by atoms with Crippen LogP contribution >= 0.6 is 0 Å². The van der Waals surface area contributed by atoms with Gasteiger partial charge in [-0.05, 0) is 12.1 Å². The summed E-state index contributed by atoms with van der Waals surface area (Å²) < 4.78 is 28.4. The molecule has 0 fully saturated rings. The molecule has 0 aromatic heterocycles. The van der Waals surface area contributed by atoms with Crippen LogP contribution in [0.2, 0.25) is 0 Å². The minimum Gasteiger partial charge on any atom is -0.550 e. The van der Waals surface area contributed by atoms with E-state index in [0.717, 1.165) is 0 Å². The fourth-order valence-electron chi connectivity index (χ4n) is 1.33. The van der Waals surface area contributed by atoms with Crippen molar-refractivity contribution in [2.24, 2.45) is 0 Å². The molecule has 0 aliphatic heterocycles. The Labute approximate surface area is 90.6 Å². The summed E-state index contributed by atoms with van der Waals surface area (Å²) in [4.78, 5) is 10.4. The molecule has 16 heavy (non-hydrogen) atoms. The van der Waals surface area contributed by atoms with Gasteiger partial charge in [-0.3, -0.25) is 0 Å². The number of halogens is 2. The summed E-state index contributed by atoms with van der Waals surface area (Å²) in [7, 11) is 0. The Morgan fingerprint density at radius 2 is 2.06 bits per heavy atom. The van der Waals surface area contributed by atoms with Crippen LogP contribution in [-0.2, 0) is 4.79 Å². The van der Waals surface area contributed by atoms with Gasteiger partial charge < -0.3 is 20.4 Å². The van der Waals surface area contributed by atoms with Crippen LogP contribution < -0.4 is 15.6 Å². The molecule has 0 bridgehead atoms. The summed E-state index contributed by atoms with van der Waals surface area (Å²) in [6.07, 6.45) is -0.344. The van der Waals surface area contributed by atoms with E-state index in [1.54, 1.807) is 6.07 Å². The lowest BCUT2D eigenvalue weighted by atomic mass is 10.0. The van der Waals surface area contributed by atoms with Crippen LogP contribution in [-0.4, -0.2) is 12.6 Å². The van der Waals surface area contributed by atoms with Crippen LogP contribution in [0.5, 0.6) is 5.75 Å². The van der Waals surface area contributed by atoms with Crippen LogP contribution in [0, 0.1) is 0 Å². The molecule has 0 aliphatic carbocycles. The molecular weight excluding hydrogens is 220 g/mol. The molecule has 1 atom stereocenters. The number of carbonyl (C=O) groups is 1. The predicted octanol–water partition coefficient (Wildman–Crippen LogP) is -0.289. The highest BCUT2D eigenvalue weighted by Gasteiger charge is 2.17. The van der Waals surface area contributed by atoms with Gasteiger partial charge in [0.05, 0.1) is 5.56 Å². The molecule has 1 rings (SSSR count). The molecule has 0 aliphatic rings. The Kier molecular flexibility index (Phi) is 4.19. The summed E-state index contributed by atoms with van der Waals surface area (Å²) in [6.45, 7) is -2.95. The van der Waals surface area contributed by atoms with Crippen molar-refractivity contribution in [1.82, 2.24) is 0 Å². The molecule has 88 valence electrons. The first kappa shape index (κ1) is 12.4. The van der Waals surface area contributed by atoms with Gasteiger partial charge in [0.25, 0.3) is 0 Å². The van der Waals surface area contributed by atoms with Crippen molar-refractivity contribution in [3.63, 3.8) is 0 Å². The van der Waals surface area contributed by atoms with E-state index in [4.69, 9.17) is 0 Å². The second-order valence-electron chi connectivity index (χ2n) is 3.19. The minimum absolute atomic E-state index is 0.0567. The maximum absolute atomic E-state index is 12.1. The van der Waals surface area contributed by atoms with E-state index in [2.05, 4.69) is 10.5 Å². The number of carboxylic acids is 1.